The summed E-state index contributed by atoms with van der Waals surface area (Å²) in [4.78, 5) is 45.3. The van der Waals surface area contributed by atoms with Gasteiger partial charge >= 0.3 is 71.1 Å². The molecule has 226 valence electrons. The van der Waals surface area contributed by atoms with Gasteiger partial charge in [-0.05, 0) is 53.8 Å². The molecule has 0 aromatic rings. The molecule has 8 nitrogen and oxygen atoms in total. The van der Waals surface area contributed by atoms with Gasteiger partial charge in [-0.15, -0.1) is 6.42 Å². The van der Waals surface area contributed by atoms with Crippen molar-refractivity contribution in [3.8, 4) is 59.7 Å². The minimum atomic E-state index is -5.31. The third-order valence-corrected chi connectivity index (χ3v) is 5.18. The van der Waals surface area contributed by atoms with Gasteiger partial charge in [0.15, 0.2) is 6.10 Å². The van der Waals surface area contributed by atoms with Crippen LogP contribution < -0.4 is 68.9 Å². The Bertz CT molecular complexity index is 1070. The molecular formula is C28H53Na2O8PS. The molecule has 0 rings (SSSR count). The SMILES string of the molecule is C#CC#CC#CC#CC#CC(=O)OC[C@H](COP(=O)([O-])[O-])OC(=O)CCCCCCCCCCCCC.S.[HH].[HH].[HH].[HH].[HH].[HH].[HH].[HH].[HH].[Na+].[Na+]. The molecule has 12 heteroatoms. The van der Waals surface area contributed by atoms with Gasteiger partial charge in [-0.25, -0.2) is 4.79 Å². The molecule has 0 bridgehead atoms. The molecule has 0 aliphatic rings. The number of ether oxygens (including phenoxy) is 2. The van der Waals surface area contributed by atoms with Crippen LogP contribution in [0.5, 0.6) is 0 Å². The van der Waals surface area contributed by atoms with Crippen LogP contribution >= 0.6 is 21.3 Å². The standard InChI is InChI=1S/C28H35O8P.2Na.H2S.9H2/c1-3-5-7-9-11-13-14-15-17-19-21-23-28(30)36-26(25-35-37(31,32)33)24-34-27(29)22-20-18-16-12-10-8-6-4-2;;;;;;;;;;;;/h2,26H,3,5,7,9,11,13-15,17,19,21,23-25H2,1H3,(H2,31,32,33);;;1H2;9*1H/q;2*+1;;;;;;;;;;/p-2/t26-;;;;;;;;;;;;/m1............/s1. The van der Waals surface area contributed by atoms with Crippen molar-refractivity contribution in [2.24, 2.45) is 0 Å². The molecule has 0 saturated heterocycles. The van der Waals surface area contributed by atoms with Crippen LogP contribution in [0.4, 0.5) is 0 Å². The number of hydrogen-bond acceptors (Lipinski definition) is 8. The number of carbonyl (C=O) groups excluding carboxylic acids is 2. The summed E-state index contributed by atoms with van der Waals surface area (Å²) < 4.78 is 24.9. The first-order valence-electron chi connectivity index (χ1n) is 12.3. The van der Waals surface area contributed by atoms with E-state index in [4.69, 9.17) is 15.9 Å². The molecule has 0 aliphatic carbocycles. The molecular weight excluding hydrogens is 573 g/mol. The summed E-state index contributed by atoms with van der Waals surface area (Å²) in [5.41, 5.74) is 0. The molecule has 1 atom stereocenters. The summed E-state index contributed by atoms with van der Waals surface area (Å²) in [5, 5.41) is 0. The number of rotatable bonds is 18. The number of phosphoric ester groups is 1. The van der Waals surface area contributed by atoms with Crippen LogP contribution in [-0.2, 0) is 28.2 Å². The summed E-state index contributed by atoms with van der Waals surface area (Å²) in [7, 11) is -5.31. The van der Waals surface area contributed by atoms with Crippen LogP contribution in [0.1, 0.15) is 96.8 Å². The quantitative estimate of drug-likeness (QED) is 0.0473. The van der Waals surface area contributed by atoms with Crippen molar-refractivity contribution in [1.29, 1.82) is 0 Å². The zero-order valence-electron chi connectivity index (χ0n) is 23.8. The number of unbranched alkanes of at least 4 members (excludes halogenated alkanes) is 10. The first-order valence-corrected chi connectivity index (χ1v) is 13.7. The minimum Gasteiger partial charge on any atom is -0.790 e. The number of carbonyl (C=O) groups is 2. The van der Waals surface area contributed by atoms with E-state index in [1.165, 1.54) is 44.9 Å². The molecule has 0 aliphatic heterocycles. The van der Waals surface area contributed by atoms with Crippen LogP contribution in [0.15, 0.2) is 0 Å². The molecule has 0 amide bonds. The van der Waals surface area contributed by atoms with Gasteiger partial charge in [0.25, 0.3) is 0 Å². The molecule has 0 aromatic heterocycles. The van der Waals surface area contributed by atoms with E-state index in [0.717, 1.165) is 19.3 Å². The minimum absolute atomic E-state index is 0. The Morgan fingerprint density at radius 2 is 1.27 bits per heavy atom. The van der Waals surface area contributed by atoms with Crippen molar-refractivity contribution >= 4 is 33.3 Å². The van der Waals surface area contributed by atoms with Crippen LogP contribution in [0.25, 0.3) is 0 Å². The fraction of sp³-hybridized carbons (Fsp3) is 0.571. The second kappa shape index (κ2) is 32.7. The van der Waals surface area contributed by atoms with Crippen molar-refractivity contribution in [1.82, 2.24) is 0 Å². The fourth-order valence-electron chi connectivity index (χ4n) is 2.95. The molecule has 0 aromatic carbocycles. The van der Waals surface area contributed by atoms with E-state index < -0.39 is 39.1 Å². The zero-order valence-corrected chi connectivity index (χ0v) is 29.7. The maximum Gasteiger partial charge on any atom is 1.00 e. The molecule has 0 N–H and O–H groups in total. The molecule has 0 unspecified atom stereocenters. The van der Waals surface area contributed by atoms with Crippen molar-refractivity contribution in [2.75, 3.05) is 13.2 Å². The molecule has 0 saturated carbocycles. The zero-order chi connectivity index (χ0) is 27.6. The van der Waals surface area contributed by atoms with Gasteiger partial charge < -0.3 is 28.3 Å². The Kier molecular flexibility index (Phi) is 37.8. The second-order valence-corrected chi connectivity index (χ2v) is 9.04. The van der Waals surface area contributed by atoms with Gasteiger partial charge in [-0.3, -0.25) is 4.79 Å². The maximum absolute atomic E-state index is 12.1. The molecule has 0 heterocycles. The average molecular weight is 627 g/mol. The first-order chi connectivity index (χ1) is 17.8. The Morgan fingerprint density at radius 1 is 0.800 bits per heavy atom. The summed E-state index contributed by atoms with van der Waals surface area (Å²) in [5.74, 6) is 18.6. The maximum atomic E-state index is 12.1. The Morgan fingerprint density at radius 3 is 1.77 bits per heavy atom. The van der Waals surface area contributed by atoms with E-state index in [1.54, 1.807) is 0 Å². The van der Waals surface area contributed by atoms with Crippen molar-refractivity contribution in [3.05, 3.63) is 0 Å². The summed E-state index contributed by atoms with van der Waals surface area (Å²) in [6.07, 6.45) is 16.1. The number of phosphoric acid groups is 1. The average Bonchev–Trinajstić information content (AvgIpc) is 2.85. The van der Waals surface area contributed by atoms with Gasteiger partial charge in [0.1, 0.15) is 6.61 Å². The van der Waals surface area contributed by atoms with Gasteiger partial charge in [-0.1, -0.05) is 71.1 Å². The Labute approximate surface area is 304 Å². The largest absolute Gasteiger partial charge is 1.00 e. The normalized spacial score (nSPS) is 9.65. The van der Waals surface area contributed by atoms with Crippen LogP contribution in [0, 0.1) is 59.7 Å². The van der Waals surface area contributed by atoms with Gasteiger partial charge in [-0.2, -0.15) is 13.5 Å². The molecule has 0 fully saturated rings. The molecule has 0 radical (unpaired) electrons. The monoisotopic (exact) mass is 626 g/mol. The van der Waals surface area contributed by atoms with E-state index in [2.05, 4.69) is 64.7 Å². The van der Waals surface area contributed by atoms with Crippen LogP contribution in [0.3, 0.4) is 0 Å². The predicted octanol–water partition coefficient (Wildman–Crippen LogP) is -1.03. The van der Waals surface area contributed by atoms with E-state index in [-0.39, 0.29) is 91.9 Å². The van der Waals surface area contributed by atoms with Crippen molar-refractivity contribution in [3.63, 3.8) is 0 Å². The summed E-state index contributed by atoms with van der Waals surface area (Å²) in [6.45, 7) is 0.875. The summed E-state index contributed by atoms with van der Waals surface area (Å²) >= 11 is 0. The Hall–Kier alpha value is -0.800. The van der Waals surface area contributed by atoms with Gasteiger partial charge in [0.05, 0.1) is 14.4 Å². The van der Waals surface area contributed by atoms with E-state index in [0.29, 0.717) is 6.42 Å². The number of terminal acetylenes is 1. The smallest absolute Gasteiger partial charge is 0.790 e. The third kappa shape index (κ3) is 35.2. The van der Waals surface area contributed by atoms with E-state index in [1.807, 2.05) is 0 Å². The topological polar surface area (TPSA) is 125 Å². The van der Waals surface area contributed by atoms with Crippen LogP contribution in [0.2, 0.25) is 0 Å². The van der Waals surface area contributed by atoms with E-state index in [9.17, 15) is 23.9 Å². The molecule has 0 spiro atoms. The fourth-order valence-corrected chi connectivity index (χ4v) is 3.30. The summed E-state index contributed by atoms with van der Waals surface area (Å²) in [6, 6.07) is 0. The van der Waals surface area contributed by atoms with Crippen molar-refractivity contribution in [2.45, 2.75) is 90.1 Å². The van der Waals surface area contributed by atoms with E-state index >= 15 is 0 Å². The first kappa shape index (κ1) is 46.2. The Balaban J connectivity index is -0.0000000982. The predicted molar refractivity (Wildman–Crippen MR) is 165 cm³/mol. The number of hydrogen-bond donors (Lipinski definition) is 0. The second-order valence-electron chi connectivity index (χ2n) is 7.88. The number of esters is 2. The van der Waals surface area contributed by atoms with Gasteiger partial charge in [0.2, 0.25) is 0 Å². The van der Waals surface area contributed by atoms with Crippen LogP contribution in [-0.4, -0.2) is 31.3 Å². The van der Waals surface area contributed by atoms with Crippen molar-refractivity contribution < 1.29 is 110 Å². The van der Waals surface area contributed by atoms with Gasteiger partial charge in [0, 0.05) is 25.2 Å². The third-order valence-electron chi connectivity index (χ3n) is 4.71. The molecule has 40 heavy (non-hydrogen) atoms.